The zero-order chi connectivity index (χ0) is 17.3. The lowest BCUT2D eigenvalue weighted by molar-refractivity contribution is -0.154. The maximum atomic E-state index is 12.1. The number of aromatic nitrogens is 1. The van der Waals surface area contributed by atoms with Crippen LogP contribution >= 0.6 is 0 Å². The lowest BCUT2D eigenvalue weighted by atomic mass is 9.87. The van der Waals surface area contributed by atoms with Crippen LogP contribution in [0, 0.1) is 5.41 Å². The largest absolute Gasteiger partial charge is 0.468 e. The van der Waals surface area contributed by atoms with E-state index in [1.165, 1.54) is 18.2 Å². The van der Waals surface area contributed by atoms with Gasteiger partial charge in [-0.2, -0.15) is 13.2 Å². The zero-order valence-corrected chi connectivity index (χ0v) is 12.4. The predicted octanol–water partition coefficient (Wildman–Crippen LogP) is 1.70. The molecule has 126 valence electrons. The first-order valence-corrected chi connectivity index (χ1v) is 6.73. The minimum Gasteiger partial charge on any atom is -0.468 e. The van der Waals surface area contributed by atoms with Crippen LogP contribution in [0.3, 0.4) is 0 Å². The average molecular weight is 332 g/mol. The van der Waals surface area contributed by atoms with Crippen LogP contribution in [0.4, 0.5) is 13.2 Å². The molecule has 0 saturated carbocycles. The van der Waals surface area contributed by atoms with Gasteiger partial charge in [0.25, 0.3) is 5.91 Å². The van der Waals surface area contributed by atoms with Crippen LogP contribution in [0.5, 0.6) is 5.88 Å². The number of carbonyl (C=O) groups excluding carboxylic acids is 2. The second kappa shape index (κ2) is 6.05. The first-order valence-electron chi connectivity index (χ1n) is 6.73. The third-order valence-electron chi connectivity index (χ3n) is 3.22. The molecule has 23 heavy (non-hydrogen) atoms. The van der Waals surface area contributed by atoms with E-state index in [1.807, 2.05) is 0 Å². The van der Waals surface area contributed by atoms with Gasteiger partial charge >= 0.3 is 12.1 Å². The lowest BCUT2D eigenvalue weighted by Gasteiger charge is -2.22. The van der Waals surface area contributed by atoms with Crippen LogP contribution in [0.25, 0.3) is 0 Å². The van der Waals surface area contributed by atoms with E-state index in [9.17, 15) is 22.8 Å². The molecule has 1 amide bonds. The number of hydrogen-bond donors (Lipinski definition) is 1. The summed E-state index contributed by atoms with van der Waals surface area (Å²) in [6.45, 7) is 2.16. The summed E-state index contributed by atoms with van der Waals surface area (Å²) < 4.78 is 45.7. The number of pyridine rings is 1. The molecular weight excluding hydrogens is 317 g/mol. The van der Waals surface area contributed by atoms with Crippen LogP contribution in [-0.2, 0) is 9.53 Å². The number of nitrogens with one attached hydrogen (secondary N) is 1. The minimum absolute atomic E-state index is 0.153. The van der Waals surface area contributed by atoms with E-state index in [4.69, 9.17) is 4.74 Å². The fourth-order valence-electron chi connectivity index (χ4n) is 1.98. The standard InChI is InChI=1S/C14H15F3N2O4/c1-13(2)6-23-12(21)10(13)19-11(20)8-4-3-5-9(18-8)22-7-14(15,16)17/h3-5,10H,6-7H2,1-2H3,(H,19,20). The molecule has 0 aromatic carbocycles. The molecule has 2 heterocycles. The number of ether oxygens (including phenoxy) is 2. The van der Waals surface area contributed by atoms with E-state index in [0.717, 1.165) is 0 Å². The van der Waals surface area contributed by atoms with Gasteiger partial charge in [0, 0.05) is 11.5 Å². The van der Waals surface area contributed by atoms with Crippen molar-refractivity contribution in [2.45, 2.75) is 26.1 Å². The maximum absolute atomic E-state index is 12.1. The molecule has 0 bridgehead atoms. The number of esters is 1. The molecule has 1 aromatic heterocycles. The number of nitrogens with zero attached hydrogens (tertiary/aromatic N) is 1. The van der Waals surface area contributed by atoms with Crippen molar-refractivity contribution in [1.29, 1.82) is 0 Å². The van der Waals surface area contributed by atoms with E-state index in [0.29, 0.717) is 0 Å². The molecule has 1 aliphatic rings. The van der Waals surface area contributed by atoms with Gasteiger partial charge < -0.3 is 14.8 Å². The number of hydrogen-bond acceptors (Lipinski definition) is 5. The van der Waals surface area contributed by atoms with Crippen molar-refractivity contribution in [2.24, 2.45) is 5.41 Å². The highest BCUT2D eigenvalue weighted by Crippen LogP contribution is 2.28. The SMILES string of the molecule is CC1(C)COC(=O)C1NC(=O)c1cccc(OCC(F)(F)F)n1. The molecule has 1 fully saturated rings. The van der Waals surface area contributed by atoms with Gasteiger partial charge in [-0.3, -0.25) is 4.79 Å². The summed E-state index contributed by atoms with van der Waals surface area (Å²) in [7, 11) is 0. The van der Waals surface area contributed by atoms with Gasteiger partial charge in [0.15, 0.2) is 6.61 Å². The molecular formula is C14H15F3N2O4. The van der Waals surface area contributed by atoms with Gasteiger partial charge in [0.05, 0.1) is 6.61 Å². The molecule has 1 aromatic rings. The van der Waals surface area contributed by atoms with Crippen molar-refractivity contribution in [1.82, 2.24) is 10.3 Å². The second-order valence-electron chi connectivity index (χ2n) is 5.77. The summed E-state index contributed by atoms with van der Waals surface area (Å²) >= 11 is 0. The number of cyclic esters (lactones) is 1. The quantitative estimate of drug-likeness (QED) is 0.849. The van der Waals surface area contributed by atoms with Crippen LogP contribution in [0.15, 0.2) is 18.2 Å². The average Bonchev–Trinajstić information content (AvgIpc) is 2.71. The zero-order valence-electron chi connectivity index (χ0n) is 12.4. The molecule has 0 radical (unpaired) electrons. The third kappa shape index (κ3) is 4.33. The molecule has 6 nitrogen and oxygen atoms in total. The van der Waals surface area contributed by atoms with E-state index in [2.05, 4.69) is 15.0 Å². The summed E-state index contributed by atoms with van der Waals surface area (Å²) in [5.74, 6) is -1.59. The topological polar surface area (TPSA) is 77.5 Å². The Bertz CT molecular complexity index is 616. The van der Waals surface area contributed by atoms with Crippen LogP contribution in [0.1, 0.15) is 24.3 Å². The Kier molecular flexibility index (Phi) is 4.49. The first kappa shape index (κ1) is 17.0. The van der Waals surface area contributed by atoms with Gasteiger partial charge in [0.1, 0.15) is 11.7 Å². The molecule has 9 heteroatoms. The Morgan fingerprint density at radius 3 is 2.74 bits per heavy atom. The Hall–Kier alpha value is -2.32. The fourth-order valence-corrected chi connectivity index (χ4v) is 1.98. The van der Waals surface area contributed by atoms with Gasteiger partial charge in [-0.25, -0.2) is 9.78 Å². The van der Waals surface area contributed by atoms with Gasteiger partial charge in [-0.15, -0.1) is 0 Å². The number of carbonyl (C=O) groups is 2. The lowest BCUT2D eigenvalue weighted by Crippen LogP contribution is -2.46. The van der Waals surface area contributed by atoms with E-state index >= 15 is 0 Å². The van der Waals surface area contributed by atoms with Crippen molar-refractivity contribution in [2.75, 3.05) is 13.2 Å². The van der Waals surface area contributed by atoms with E-state index in [-0.39, 0.29) is 18.2 Å². The normalized spacial score (nSPS) is 20.0. The molecule has 0 spiro atoms. The molecule has 2 rings (SSSR count). The maximum Gasteiger partial charge on any atom is 0.422 e. The number of alkyl halides is 3. The van der Waals surface area contributed by atoms with Crippen LogP contribution < -0.4 is 10.1 Å². The van der Waals surface area contributed by atoms with E-state index < -0.39 is 36.1 Å². The molecule has 1 saturated heterocycles. The Morgan fingerprint density at radius 1 is 1.48 bits per heavy atom. The van der Waals surface area contributed by atoms with Gasteiger partial charge in [0.2, 0.25) is 5.88 Å². The predicted molar refractivity (Wildman–Crippen MR) is 71.8 cm³/mol. The highest BCUT2D eigenvalue weighted by molar-refractivity contribution is 5.95. The molecule has 1 atom stereocenters. The molecule has 1 N–H and O–H groups in total. The van der Waals surface area contributed by atoms with Crippen molar-refractivity contribution < 1.29 is 32.2 Å². The third-order valence-corrected chi connectivity index (χ3v) is 3.22. The minimum atomic E-state index is -4.50. The number of halogens is 3. The van der Waals surface area contributed by atoms with Crippen molar-refractivity contribution in [3.63, 3.8) is 0 Å². The van der Waals surface area contributed by atoms with Crippen molar-refractivity contribution in [3.05, 3.63) is 23.9 Å². The highest BCUT2D eigenvalue weighted by atomic mass is 19.4. The fraction of sp³-hybridized carbons (Fsp3) is 0.500. The monoisotopic (exact) mass is 332 g/mol. The summed E-state index contributed by atoms with van der Waals surface area (Å²) in [5.41, 5.74) is -0.739. The van der Waals surface area contributed by atoms with Gasteiger partial charge in [-0.05, 0) is 6.07 Å². The Balaban J connectivity index is 2.06. The van der Waals surface area contributed by atoms with Crippen molar-refractivity contribution in [3.8, 4) is 5.88 Å². The summed E-state index contributed by atoms with van der Waals surface area (Å²) in [6.07, 6.45) is -4.50. The van der Waals surface area contributed by atoms with Gasteiger partial charge in [-0.1, -0.05) is 19.9 Å². The van der Waals surface area contributed by atoms with Crippen LogP contribution in [-0.4, -0.2) is 42.3 Å². The van der Waals surface area contributed by atoms with Crippen LogP contribution in [0.2, 0.25) is 0 Å². The first-order chi connectivity index (χ1) is 10.6. The number of rotatable bonds is 4. The summed E-state index contributed by atoms with van der Waals surface area (Å²) in [4.78, 5) is 27.5. The Morgan fingerprint density at radius 2 is 2.17 bits per heavy atom. The highest BCUT2D eigenvalue weighted by Gasteiger charge is 2.44. The molecule has 1 unspecified atom stereocenters. The number of amides is 1. The van der Waals surface area contributed by atoms with Crippen molar-refractivity contribution >= 4 is 11.9 Å². The molecule has 0 aliphatic carbocycles. The van der Waals surface area contributed by atoms with E-state index in [1.54, 1.807) is 13.8 Å². The molecule has 1 aliphatic heterocycles. The smallest absolute Gasteiger partial charge is 0.422 e. The summed E-state index contributed by atoms with van der Waals surface area (Å²) in [5, 5.41) is 2.48. The summed E-state index contributed by atoms with van der Waals surface area (Å²) in [6, 6.07) is 3.00. The Labute approximate surface area is 130 Å². The second-order valence-corrected chi connectivity index (χ2v) is 5.77.